The number of nitrogens with one attached hydrogen (secondary N) is 12. The fourth-order valence-electron chi connectivity index (χ4n) is 12.1. The number of nitrogens with zero attached hydrogens (tertiary/aromatic N) is 4. The maximum Gasteiger partial charge on any atom is 0.170 e. The Bertz CT molecular complexity index is 2920. The molecule has 0 spiro atoms. The molecule has 113 heavy (non-hydrogen) atoms. The maximum atomic E-state index is 8.52. The number of benzene rings is 6. The van der Waals surface area contributed by atoms with Crippen molar-refractivity contribution >= 4 is 149 Å². The van der Waals surface area contributed by atoms with Gasteiger partial charge in [0.2, 0.25) is 0 Å². The van der Waals surface area contributed by atoms with Gasteiger partial charge < -0.3 is 81.9 Å². The van der Waals surface area contributed by atoms with Gasteiger partial charge in [0, 0.05) is 123 Å². The van der Waals surface area contributed by atoms with Gasteiger partial charge in [0.1, 0.15) is 0 Å². The summed E-state index contributed by atoms with van der Waals surface area (Å²) in [5.74, 6) is 0. The van der Waals surface area contributed by atoms with E-state index in [1.807, 2.05) is 182 Å². The van der Waals surface area contributed by atoms with E-state index in [9.17, 15) is 0 Å². The van der Waals surface area contributed by atoms with Crippen LogP contribution >= 0.6 is 73.3 Å². The average Bonchev–Trinajstić information content (AvgIpc) is 0.873. The van der Waals surface area contributed by atoms with E-state index in [1.165, 1.54) is 164 Å². The summed E-state index contributed by atoms with van der Waals surface area (Å²) in [4.78, 5) is 4.66. The summed E-state index contributed by atoms with van der Waals surface area (Å²) in [5, 5.41) is 42.6. The van der Waals surface area contributed by atoms with Gasteiger partial charge >= 0.3 is 0 Å². The molecule has 0 fully saturated rings. The topological polar surface area (TPSA) is 231 Å². The molecule has 27 heteroatoms. The van der Waals surface area contributed by atoms with Crippen LogP contribution < -0.4 is 63.8 Å². The Kier molecular flexibility index (Phi) is 60.0. The Balaban J connectivity index is 0.000000531. The first kappa shape index (κ1) is 102. The molecule has 20 nitrogen and oxygen atoms in total. The molecule has 0 amide bonds. The van der Waals surface area contributed by atoms with Crippen LogP contribution in [0.4, 0.5) is 34.1 Å². The van der Waals surface area contributed by atoms with Gasteiger partial charge in [-0.15, -0.1) is 0 Å². The summed E-state index contributed by atoms with van der Waals surface area (Å²) >= 11 is 32.6. The van der Waals surface area contributed by atoms with Gasteiger partial charge in [-0.3, -0.25) is 18.2 Å². The van der Waals surface area contributed by atoms with Gasteiger partial charge in [0.25, 0.3) is 0 Å². The van der Waals surface area contributed by atoms with E-state index >= 15 is 0 Å². The second-order valence-corrected chi connectivity index (χ2v) is 31.1. The Morgan fingerprint density at radius 2 is 0.389 bits per heavy atom. The normalized spacial score (nSPS) is 10.9. The van der Waals surface area contributed by atoms with Gasteiger partial charge in [-0.25, -0.2) is 0 Å². The minimum atomic E-state index is -5.17. The van der Waals surface area contributed by atoms with Crippen molar-refractivity contribution < 1.29 is 26.5 Å². The minimum absolute atomic E-state index is 0.601. The van der Waals surface area contributed by atoms with Crippen LogP contribution in [-0.2, 0) is 10.4 Å². The first-order valence-electron chi connectivity index (χ1n) is 41.1. The second kappa shape index (κ2) is 66.3. The van der Waals surface area contributed by atoms with Crippen LogP contribution in [0.15, 0.2) is 182 Å². The molecule has 0 saturated carbocycles. The van der Waals surface area contributed by atoms with Crippen LogP contribution in [0.3, 0.4) is 0 Å². The zero-order valence-electron chi connectivity index (χ0n) is 69.1. The lowest BCUT2D eigenvalue weighted by Crippen LogP contribution is -2.50. The summed E-state index contributed by atoms with van der Waals surface area (Å²) in [7, 11) is -5.17. The smallest absolute Gasteiger partial charge is 0.170 e. The van der Waals surface area contributed by atoms with E-state index in [-0.39, 0.29) is 0 Å². The van der Waals surface area contributed by atoms with Gasteiger partial charge in [-0.05, 0) is 197 Å². The lowest BCUT2D eigenvalue weighted by molar-refractivity contribution is -0.929. The second-order valence-electron chi connectivity index (χ2n) is 27.9. The Morgan fingerprint density at radius 1 is 0.265 bits per heavy atom. The number of rotatable bonds is 48. The molecule has 0 aliphatic rings. The Morgan fingerprint density at radius 3 is 0.504 bits per heavy atom. The van der Waals surface area contributed by atoms with Crippen molar-refractivity contribution in [2.45, 2.75) is 158 Å². The van der Waals surface area contributed by atoms with Crippen LogP contribution in [-0.4, -0.2) is 198 Å². The van der Waals surface area contributed by atoms with E-state index in [0.717, 1.165) is 73.4 Å². The SMILES string of the molecule is CCCC[N+](CCCC)(CCCC)CCCC.CCCC[N+](CCCC)(CCCC)CCCC.O=S(=O)([O-])[O-].S=C(NCCN(CCNC(=S)Nc1ccccc1)CCNC(=S)Nc1ccccc1)Nc1ccccc1.S=C(NCCN(CCNC(=S)Nc1ccccc1)CCNC(=S)Nc1ccccc1)Nc1ccccc1. The van der Waals surface area contributed by atoms with E-state index in [2.05, 4.69) is 129 Å². The highest BCUT2D eigenvalue weighted by atomic mass is 32.3. The third kappa shape index (κ3) is 56.2. The molecule has 628 valence electrons. The summed E-state index contributed by atoms with van der Waals surface area (Å²) in [6, 6.07) is 59.3. The zero-order valence-corrected chi connectivity index (χ0v) is 74.8. The number of hydrogen-bond donors (Lipinski definition) is 12. The maximum absolute atomic E-state index is 8.52. The average molecular weight is 1680 g/mol. The molecule has 6 rings (SSSR count). The number of quaternary nitrogens is 2. The van der Waals surface area contributed by atoms with Gasteiger partial charge in [-0.1, -0.05) is 216 Å². The summed E-state index contributed by atoms with van der Waals surface area (Å²) in [5.41, 5.74) is 5.77. The minimum Gasteiger partial charge on any atom is -0.759 e. The van der Waals surface area contributed by atoms with Crippen LogP contribution in [0.25, 0.3) is 0 Å². The fourth-order valence-corrected chi connectivity index (χ4v) is 13.4. The number of unbranched alkanes of at least 4 members (excludes halogenated alkanes) is 8. The molecule has 0 radical (unpaired) electrons. The monoisotopic (exact) mass is 1680 g/mol. The molecule has 0 aromatic heterocycles. The summed E-state index contributed by atoms with van der Waals surface area (Å²) in [6.07, 6.45) is 22.1. The van der Waals surface area contributed by atoms with Crippen LogP contribution in [0.2, 0.25) is 0 Å². The molecule has 6 aromatic carbocycles. The summed E-state index contributed by atoms with van der Waals surface area (Å²) < 4.78 is 36.9. The van der Waals surface area contributed by atoms with Crippen molar-refractivity contribution in [1.29, 1.82) is 0 Å². The lowest BCUT2D eigenvalue weighted by Gasteiger charge is -2.39. The van der Waals surface area contributed by atoms with E-state index in [0.29, 0.717) is 69.9 Å². The van der Waals surface area contributed by atoms with Crippen molar-refractivity contribution in [1.82, 2.24) is 41.7 Å². The van der Waals surface area contributed by atoms with Crippen molar-refractivity contribution in [3.05, 3.63) is 182 Å². The Labute approximate surface area is 714 Å². The highest BCUT2D eigenvalue weighted by molar-refractivity contribution is 7.81. The fraction of sp³-hybridized carbons (Fsp3) is 0.512. The largest absolute Gasteiger partial charge is 0.759 e. The van der Waals surface area contributed by atoms with Gasteiger partial charge in [0.15, 0.2) is 30.7 Å². The molecule has 0 heterocycles. The highest BCUT2D eigenvalue weighted by Gasteiger charge is 2.26. The molecule has 0 unspecified atom stereocenters. The first-order valence-corrected chi connectivity index (χ1v) is 44.8. The standard InChI is InChI=1S/2C27H33N7S3.2C16H36N.H2O4S/c2*35-25(31-22-10-4-1-5-11-22)28-16-19-34(20-17-29-26(36)32-23-12-6-2-7-13-23)21-18-30-27(37)33-24-14-8-3-9-15-24;2*1-5-9-13-17(14-10-6-2,15-11-7-3)16-12-8-4;1-5(2,3)4/h2*1-15H,16-21H2,(H2,28,31,35)(H2,29,32,36)(H2,30,33,37);2*5-16H2,1-4H3;(H2,1,2,3,4)/q;;2*+1;/p-2. The lowest BCUT2D eigenvalue weighted by atomic mass is 10.1. The number of thiocarbonyl (C=S) groups is 6. The molecular formula is C86H138N16O4S7. The zero-order chi connectivity index (χ0) is 82.7. The predicted molar refractivity (Wildman–Crippen MR) is 506 cm³/mol. The van der Waals surface area contributed by atoms with Crippen molar-refractivity contribution in [3.63, 3.8) is 0 Å². The summed E-state index contributed by atoms with van der Waals surface area (Å²) in [6.45, 7) is 39.1. The van der Waals surface area contributed by atoms with Gasteiger partial charge in [-0.2, -0.15) is 0 Å². The number of para-hydroxylation sites is 6. The third-order valence-corrected chi connectivity index (χ3v) is 19.8. The van der Waals surface area contributed by atoms with Crippen LogP contribution in [0, 0.1) is 0 Å². The molecule has 0 bridgehead atoms. The van der Waals surface area contributed by atoms with Crippen molar-refractivity contribution in [2.75, 3.05) is 163 Å². The van der Waals surface area contributed by atoms with E-state index in [1.54, 1.807) is 0 Å². The predicted octanol–water partition coefficient (Wildman–Crippen LogP) is 17.2. The van der Waals surface area contributed by atoms with E-state index < -0.39 is 10.4 Å². The van der Waals surface area contributed by atoms with E-state index in [4.69, 9.17) is 90.8 Å². The third-order valence-electron chi connectivity index (χ3n) is 18.4. The molecule has 0 aliphatic carbocycles. The molecular weight excluding hydrogens is 1550 g/mol. The highest BCUT2D eigenvalue weighted by Crippen LogP contribution is 2.19. The quantitative estimate of drug-likeness (QED) is 0.00737. The van der Waals surface area contributed by atoms with Gasteiger partial charge in [0.05, 0.1) is 52.4 Å². The van der Waals surface area contributed by atoms with Crippen LogP contribution in [0.1, 0.15) is 158 Å². The molecule has 0 atom stereocenters. The molecule has 6 aromatic rings. The van der Waals surface area contributed by atoms with Crippen LogP contribution in [0.5, 0.6) is 0 Å². The molecule has 0 saturated heterocycles. The van der Waals surface area contributed by atoms with Crippen molar-refractivity contribution in [3.8, 4) is 0 Å². The number of anilines is 6. The first-order chi connectivity index (χ1) is 54.6. The number of hydrogen-bond acceptors (Lipinski definition) is 12. The Hall–Kier alpha value is -6.83. The molecule has 12 N–H and O–H groups in total. The van der Waals surface area contributed by atoms with Crippen molar-refractivity contribution in [2.24, 2.45) is 0 Å². The molecule has 0 aliphatic heterocycles.